The van der Waals surface area contributed by atoms with Crippen molar-refractivity contribution in [3.8, 4) is 0 Å². The SMILES string of the molecule is CC(C)N(C)CCNC(=O)CC(C)(C)CC(=O)O. The van der Waals surface area contributed by atoms with Gasteiger partial charge in [0, 0.05) is 25.6 Å². The third-order valence-electron chi connectivity index (χ3n) is 2.94. The van der Waals surface area contributed by atoms with Crippen LogP contribution in [0.5, 0.6) is 0 Å². The number of hydrogen-bond acceptors (Lipinski definition) is 3. The number of carbonyl (C=O) groups excluding carboxylic acids is 1. The Hall–Kier alpha value is -1.10. The number of nitrogens with one attached hydrogen (secondary N) is 1. The Balaban J connectivity index is 3.94. The van der Waals surface area contributed by atoms with E-state index in [0.717, 1.165) is 6.54 Å². The van der Waals surface area contributed by atoms with E-state index in [4.69, 9.17) is 5.11 Å². The molecule has 18 heavy (non-hydrogen) atoms. The largest absolute Gasteiger partial charge is 0.481 e. The van der Waals surface area contributed by atoms with Crippen molar-refractivity contribution in [2.75, 3.05) is 20.1 Å². The zero-order valence-electron chi connectivity index (χ0n) is 12.1. The molecule has 106 valence electrons. The fourth-order valence-corrected chi connectivity index (χ4v) is 1.60. The Bertz CT molecular complexity index is 288. The summed E-state index contributed by atoms with van der Waals surface area (Å²) in [5.41, 5.74) is -0.500. The van der Waals surface area contributed by atoms with Gasteiger partial charge in [0.2, 0.25) is 5.91 Å². The summed E-state index contributed by atoms with van der Waals surface area (Å²) >= 11 is 0. The van der Waals surface area contributed by atoms with E-state index in [1.54, 1.807) is 13.8 Å². The molecule has 0 aromatic carbocycles. The van der Waals surface area contributed by atoms with Gasteiger partial charge in [-0.2, -0.15) is 0 Å². The van der Waals surface area contributed by atoms with Gasteiger partial charge in [-0.15, -0.1) is 0 Å². The lowest BCUT2D eigenvalue weighted by Crippen LogP contribution is -2.37. The average molecular weight is 258 g/mol. The first-order chi connectivity index (χ1) is 8.14. The molecule has 0 atom stereocenters. The van der Waals surface area contributed by atoms with E-state index < -0.39 is 11.4 Å². The van der Waals surface area contributed by atoms with Gasteiger partial charge in [-0.25, -0.2) is 0 Å². The van der Waals surface area contributed by atoms with Crippen LogP contribution < -0.4 is 5.32 Å². The van der Waals surface area contributed by atoms with Crippen molar-refractivity contribution < 1.29 is 14.7 Å². The molecule has 0 aliphatic carbocycles. The first kappa shape index (κ1) is 16.9. The molecule has 5 nitrogen and oxygen atoms in total. The van der Waals surface area contributed by atoms with Crippen molar-refractivity contribution in [2.24, 2.45) is 5.41 Å². The number of carboxylic acid groups (broad SMARTS) is 1. The van der Waals surface area contributed by atoms with E-state index in [2.05, 4.69) is 24.1 Å². The Morgan fingerprint density at radius 1 is 1.28 bits per heavy atom. The monoisotopic (exact) mass is 258 g/mol. The summed E-state index contributed by atoms with van der Waals surface area (Å²) in [5.74, 6) is -0.953. The first-order valence-electron chi connectivity index (χ1n) is 6.33. The van der Waals surface area contributed by atoms with Gasteiger partial charge in [0.15, 0.2) is 0 Å². The smallest absolute Gasteiger partial charge is 0.303 e. The van der Waals surface area contributed by atoms with Gasteiger partial charge in [-0.1, -0.05) is 13.8 Å². The minimum Gasteiger partial charge on any atom is -0.481 e. The molecule has 0 aromatic rings. The predicted molar refractivity (Wildman–Crippen MR) is 71.4 cm³/mol. The van der Waals surface area contributed by atoms with Crippen LogP contribution in [0.4, 0.5) is 0 Å². The molecule has 0 aliphatic rings. The number of amides is 1. The van der Waals surface area contributed by atoms with Gasteiger partial charge in [0.05, 0.1) is 6.42 Å². The van der Waals surface area contributed by atoms with Gasteiger partial charge < -0.3 is 15.3 Å². The molecule has 0 aliphatic heterocycles. The second kappa shape index (κ2) is 7.36. The fraction of sp³-hybridized carbons (Fsp3) is 0.846. The average Bonchev–Trinajstić information content (AvgIpc) is 2.13. The van der Waals surface area contributed by atoms with Crippen LogP contribution in [-0.4, -0.2) is 48.1 Å². The van der Waals surface area contributed by atoms with Gasteiger partial charge in [-0.3, -0.25) is 9.59 Å². The maximum Gasteiger partial charge on any atom is 0.303 e. The lowest BCUT2D eigenvalue weighted by atomic mass is 9.85. The number of carbonyl (C=O) groups is 2. The van der Waals surface area contributed by atoms with E-state index in [0.29, 0.717) is 12.6 Å². The van der Waals surface area contributed by atoms with Crippen LogP contribution in [0.15, 0.2) is 0 Å². The second-order valence-electron chi connectivity index (χ2n) is 5.84. The highest BCUT2D eigenvalue weighted by Crippen LogP contribution is 2.24. The molecule has 0 rings (SSSR count). The molecular formula is C13H26N2O3. The third kappa shape index (κ3) is 8.06. The number of hydrogen-bond donors (Lipinski definition) is 2. The summed E-state index contributed by atoms with van der Waals surface area (Å²) in [5, 5.41) is 11.6. The van der Waals surface area contributed by atoms with Crippen molar-refractivity contribution in [1.82, 2.24) is 10.2 Å². The zero-order valence-corrected chi connectivity index (χ0v) is 12.1. The number of aliphatic carboxylic acids is 1. The normalized spacial score (nSPS) is 11.9. The Morgan fingerprint density at radius 3 is 2.28 bits per heavy atom. The van der Waals surface area contributed by atoms with Crippen molar-refractivity contribution in [1.29, 1.82) is 0 Å². The molecule has 0 heterocycles. The van der Waals surface area contributed by atoms with Crippen LogP contribution in [0.25, 0.3) is 0 Å². The van der Waals surface area contributed by atoms with Crippen molar-refractivity contribution in [3.05, 3.63) is 0 Å². The predicted octanol–water partition coefficient (Wildman–Crippen LogP) is 1.33. The number of carboxylic acids is 1. The van der Waals surface area contributed by atoms with Gasteiger partial charge >= 0.3 is 5.97 Å². The summed E-state index contributed by atoms with van der Waals surface area (Å²) in [7, 11) is 2.01. The maximum absolute atomic E-state index is 11.7. The molecule has 0 aromatic heterocycles. The van der Waals surface area contributed by atoms with Crippen molar-refractivity contribution in [2.45, 2.75) is 46.6 Å². The van der Waals surface area contributed by atoms with Gasteiger partial charge in [0.25, 0.3) is 0 Å². The highest BCUT2D eigenvalue weighted by Gasteiger charge is 2.24. The summed E-state index contributed by atoms with van der Waals surface area (Å²) in [4.78, 5) is 24.4. The molecule has 0 spiro atoms. The molecular weight excluding hydrogens is 232 g/mol. The molecule has 1 amide bonds. The molecule has 0 bridgehead atoms. The summed E-state index contributed by atoms with van der Waals surface area (Å²) < 4.78 is 0. The van der Waals surface area contributed by atoms with Crippen LogP contribution in [0.1, 0.15) is 40.5 Å². The molecule has 0 radical (unpaired) electrons. The van der Waals surface area contributed by atoms with Gasteiger partial charge in [-0.05, 0) is 26.3 Å². The molecule has 0 fully saturated rings. The number of rotatable bonds is 8. The van der Waals surface area contributed by atoms with Crippen molar-refractivity contribution in [3.63, 3.8) is 0 Å². The zero-order chi connectivity index (χ0) is 14.3. The Labute approximate surface area is 110 Å². The van der Waals surface area contributed by atoms with Crippen LogP contribution in [-0.2, 0) is 9.59 Å². The topological polar surface area (TPSA) is 69.6 Å². The third-order valence-corrected chi connectivity index (χ3v) is 2.94. The molecule has 2 N–H and O–H groups in total. The highest BCUT2D eigenvalue weighted by molar-refractivity contribution is 5.77. The maximum atomic E-state index is 11.7. The minimum atomic E-state index is -0.868. The summed E-state index contributed by atoms with van der Waals surface area (Å²) in [6.07, 6.45) is 0.247. The van der Waals surface area contributed by atoms with Crippen LogP contribution in [0.2, 0.25) is 0 Å². The fourth-order valence-electron chi connectivity index (χ4n) is 1.60. The quantitative estimate of drug-likeness (QED) is 0.689. The van der Waals surface area contributed by atoms with Crippen LogP contribution in [0.3, 0.4) is 0 Å². The molecule has 0 unspecified atom stereocenters. The Kier molecular flexibility index (Phi) is 6.91. The van der Waals surface area contributed by atoms with E-state index in [1.165, 1.54) is 0 Å². The number of likely N-dealkylation sites (N-methyl/N-ethyl adjacent to an activating group) is 1. The lowest BCUT2D eigenvalue weighted by Gasteiger charge is -2.23. The minimum absolute atomic E-state index is 0.00627. The van der Waals surface area contributed by atoms with Gasteiger partial charge in [0.1, 0.15) is 0 Å². The first-order valence-corrected chi connectivity index (χ1v) is 6.33. The van der Waals surface area contributed by atoms with Crippen molar-refractivity contribution >= 4 is 11.9 Å². The summed E-state index contributed by atoms with van der Waals surface area (Å²) in [6, 6.07) is 0.449. The Morgan fingerprint density at radius 2 is 1.83 bits per heavy atom. The van der Waals surface area contributed by atoms with E-state index in [-0.39, 0.29) is 18.7 Å². The number of nitrogens with zero attached hydrogens (tertiary/aromatic N) is 1. The van der Waals surface area contributed by atoms with Crippen LogP contribution >= 0.6 is 0 Å². The van der Waals surface area contributed by atoms with E-state index in [1.807, 2.05) is 7.05 Å². The standard InChI is InChI=1S/C13H26N2O3/c1-10(2)15(5)7-6-14-11(16)8-13(3,4)9-12(17)18/h10H,6-9H2,1-5H3,(H,14,16)(H,17,18). The van der Waals surface area contributed by atoms with E-state index >= 15 is 0 Å². The molecule has 5 heteroatoms. The highest BCUT2D eigenvalue weighted by atomic mass is 16.4. The lowest BCUT2D eigenvalue weighted by molar-refractivity contribution is -0.139. The summed E-state index contributed by atoms with van der Waals surface area (Å²) in [6.45, 7) is 9.16. The second-order valence-corrected chi connectivity index (χ2v) is 5.84. The molecule has 0 saturated carbocycles. The van der Waals surface area contributed by atoms with Crippen LogP contribution in [0, 0.1) is 5.41 Å². The molecule has 0 saturated heterocycles. The van der Waals surface area contributed by atoms with E-state index in [9.17, 15) is 9.59 Å².